The molecule has 7 heteroatoms. The first-order valence-corrected chi connectivity index (χ1v) is 10.0. The van der Waals surface area contributed by atoms with Gasteiger partial charge < -0.3 is 19.0 Å². The monoisotopic (exact) mass is 418 g/mol. The van der Waals surface area contributed by atoms with E-state index in [1.807, 2.05) is 49.5 Å². The molecule has 6 nitrogen and oxygen atoms in total. The van der Waals surface area contributed by atoms with Gasteiger partial charge in [0.15, 0.2) is 0 Å². The molecule has 0 saturated carbocycles. The van der Waals surface area contributed by atoms with Crippen molar-refractivity contribution in [2.75, 3.05) is 7.11 Å². The van der Waals surface area contributed by atoms with E-state index in [2.05, 4.69) is 15.6 Å². The second kappa shape index (κ2) is 7.21. The van der Waals surface area contributed by atoms with E-state index in [1.54, 1.807) is 13.2 Å². The molecule has 0 spiro atoms. The number of aromatic amines is 1. The Balaban J connectivity index is 1.62. The first kappa shape index (κ1) is 18.7. The number of fused-ring (bicyclic) bond motifs is 2. The lowest BCUT2D eigenvalue weighted by Gasteiger charge is -2.29. The molecule has 1 aliphatic heterocycles. The first-order valence-electron chi connectivity index (χ1n) is 9.66. The van der Waals surface area contributed by atoms with Gasteiger partial charge in [-0.15, -0.1) is 0 Å². The van der Waals surface area contributed by atoms with Crippen molar-refractivity contribution in [3.63, 3.8) is 0 Å². The Morgan fingerprint density at radius 2 is 2.13 bits per heavy atom. The molecule has 2 atom stereocenters. The number of ether oxygens (including phenoxy) is 2. The zero-order valence-electron chi connectivity index (χ0n) is 16.5. The zero-order valence-corrected chi connectivity index (χ0v) is 17.3. The third-order valence-corrected chi connectivity index (χ3v) is 5.75. The zero-order chi connectivity index (χ0) is 20.8. The van der Waals surface area contributed by atoms with Crippen LogP contribution in [-0.2, 0) is 11.3 Å². The van der Waals surface area contributed by atoms with E-state index < -0.39 is 0 Å². The van der Waals surface area contributed by atoms with E-state index in [-0.39, 0.29) is 12.2 Å². The highest BCUT2D eigenvalue weighted by molar-refractivity contribution is 6.31. The van der Waals surface area contributed by atoms with Crippen LogP contribution in [-0.4, -0.2) is 27.7 Å². The van der Waals surface area contributed by atoms with Gasteiger partial charge >= 0.3 is 0 Å². The number of hydrogen-bond acceptors (Lipinski definition) is 4. The lowest BCUT2D eigenvalue weighted by atomic mass is 10.1. The van der Waals surface area contributed by atoms with Crippen LogP contribution < -0.4 is 4.74 Å². The van der Waals surface area contributed by atoms with Gasteiger partial charge in [-0.05, 0) is 31.2 Å². The molecular formula is C23H19ClN4O2. The van der Waals surface area contributed by atoms with Gasteiger partial charge in [-0.1, -0.05) is 29.8 Å². The molecule has 0 unspecified atom stereocenters. The second-order valence-corrected chi connectivity index (χ2v) is 7.79. The Morgan fingerprint density at radius 1 is 1.30 bits per heavy atom. The molecule has 0 bridgehead atoms. The van der Waals surface area contributed by atoms with Crippen molar-refractivity contribution < 1.29 is 9.47 Å². The number of methoxy groups -OCH3 is 1. The molecule has 1 N–H and O–H groups in total. The third-order valence-electron chi connectivity index (χ3n) is 5.41. The second-order valence-electron chi connectivity index (χ2n) is 7.39. The maximum atomic E-state index is 9.35. The van der Waals surface area contributed by atoms with Crippen LogP contribution in [0.1, 0.15) is 30.0 Å². The molecule has 2 aromatic carbocycles. The highest BCUT2D eigenvalue weighted by Gasteiger charge is 2.30. The van der Waals surface area contributed by atoms with Crippen molar-refractivity contribution >= 4 is 22.5 Å². The van der Waals surface area contributed by atoms with Gasteiger partial charge in [-0.25, -0.2) is 4.98 Å². The summed E-state index contributed by atoms with van der Waals surface area (Å²) in [6, 6.07) is 15.5. The molecule has 150 valence electrons. The van der Waals surface area contributed by atoms with Crippen LogP contribution in [0.3, 0.4) is 0 Å². The van der Waals surface area contributed by atoms with Gasteiger partial charge in [-0.2, -0.15) is 5.26 Å². The molecule has 0 aliphatic carbocycles. The Kier molecular flexibility index (Phi) is 4.50. The van der Waals surface area contributed by atoms with Crippen LogP contribution in [0.2, 0.25) is 5.02 Å². The molecular weight excluding hydrogens is 400 g/mol. The number of halogens is 1. The minimum atomic E-state index is -0.333. The number of hydrogen-bond donors (Lipinski definition) is 1. The van der Waals surface area contributed by atoms with E-state index in [4.69, 9.17) is 26.1 Å². The third kappa shape index (κ3) is 2.95. The number of nitrogens with zero attached hydrogens (tertiary/aromatic N) is 3. The number of imidazole rings is 1. The number of rotatable bonds is 3. The summed E-state index contributed by atoms with van der Waals surface area (Å²) in [4.78, 5) is 8.28. The number of aromatic nitrogens is 3. The summed E-state index contributed by atoms with van der Waals surface area (Å²) in [6.07, 6.45) is 1.72. The van der Waals surface area contributed by atoms with E-state index in [0.717, 1.165) is 33.7 Å². The molecule has 3 heterocycles. The SMILES string of the molecule is COc1c(C#N)ccc2[nH]c(-c3cn4c(n3)[C@H](c3ccccc3Cl)O[C@H](C)C4)cc12. The van der Waals surface area contributed by atoms with Crippen molar-refractivity contribution in [3.05, 3.63) is 70.6 Å². The molecule has 1 aliphatic rings. The van der Waals surface area contributed by atoms with Crippen molar-refractivity contribution in [1.82, 2.24) is 14.5 Å². The fraction of sp³-hybridized carbons (Fsp3) is 0.217. The van der Waals surface area contributed by atoms with Gasteiger partial charge in [0.05, 0.1) is 24.5 Å². The topological polar surface area (TPSA) is 75.9 Å². The minimum absolute atomic E-state index is 0.0295. The Labute approximate surface area is 178 Å². The van der Waals surface area contributed by atoms with Crippen LogP contribution in [0.5, 0.6) is 5.75 Å². The summed E-state index contributed by atoms with van der Waals surface area (Å²) >= 11 is 6.45. The first-order chi connectivity index (χ1) is 14.6. The smallest absolute Gasteiger partial charge is 0.146 e. The standard InChI is InChI=1S/C23H19ClN4O2/c1-13-11-28-12-20(27-23(28)22(30-13)15-5-3-4-6-17(15)24)19-9-16-18(26-19)8-7-14(10-25)21(16)29-2/h3-9,12-13,22,26H,11H2,1-2H3/t13-,22+/m1/s1. The highest BCUT2D eigenvalue weighted by atomic mass is 35.5. The quantitative estimate of drug-likeness (QED) is 0.503. The van der Waals surface area contributed by atoms with Crippen molar-refractivity contribution in [2.24, 2.45) is 0 Å². The fourth-order valence-electron chi connectivity index (χ4n) is 4.05. The van der Waals surface area contributed by atoms with E-state index in [9.17, 15) is 5.26 Å². The minimum Gasteiger partial charge on any atom is -0.495 e. The Hall–Kier alpha value is -3.27. The Morgan fingerprint density at radius 3 is 2.90 bits per heavy atom. The van der Waals surface area contributed by atoms with Crippen LogP contribution >= 0.6 is 11.6 Å². The number of benzene rings is 2. The number of nitrogens with one attached hydrogen (secondary N) is 1. The molecule has 0 fully saturated rings. The van der Waals surface area contributed by atoms with Gasteiger partial charge in [0.2, 0.25) is 0 Å². The van der Waals surface area contributed by atoms with Gasteiger partial charge in [-0.3, -0.25) is 0 Å². The maximum Gasteiger partial charge on any atom is 0.146 e. The van der Waals surface area contributed by atoms with Crippen LogP contribution in [0.15, 0.2) is 48.7 Å². The molecule has 0 saturated heterocycles. The van der Waals surface area contributed by atoms with Gasteiger partial charge in [0, 0.05) is 34.2 Å². The number of H-pyrrole nitrogens is 1. The lowest BCUT2D eigenvalue weighted by Crippen LogP contribution is -2.29. The molecule has 4 aromatic rings. The predicted molar refractivity (Wildman–Crippen MR) is 115 cm³/mol. The molecule has 5 rings (SSSR count). The maximum absolute atomic E-state index is 9.35. The molecule has 30 heavy (non-hydrogen) atoms. The normalized spacial score (nSPS) is 18.2. The average molecular weight is 419 g/mol. The molecule has 0 radical (unpaired) electrons. The summed E-state index contributed by atoms with van der Waals surface area (Å²) in [7, 11) is 1.57. The van der Waals surface area contributed by atoms with Crippen molar-refractivity contribution in [2.45, 2.75) is 25.7 Å². The van der Waals surface area contributed by atoms with E-state index >= 15 is 0 Å². The molecule has 0 amide bonds. The van der Waals surface area contributed by atoms with Crippen LogP contribution in [0, 0.1) is 11.3 Å². The largest absolute Gasteiger partial charge is 0.495 e. The van der Waals surface area contributed by atoms with Gasteiger partial charge in [0.25, 0.3) is 0 Å². The lowest BCUT2D eigenvalue weighted by molar-refractivity contribution is -0.0181. The summed E-state index contributed by atoms with van der Waals surface area (Å²) in [5.74, 6) is 1.38. The van der Waals surface area contributed by atoms with Crippen LogP contribution in [0.25, 0.3) is 22.3 Å². The molecule has 2 aromatic heterocycles. The average Bonchev–Trinajstić information content (AvgIpc) is 3.36. The van der Waals surface area contributed by atoms with E-state index in [0.29, 0.717) is 22.9 Å². The summed E-state index contributed by atoms with van der Waals surface area (Å²) < 4.78 is 13.8. The summed E-state index contributed by atoms with van der Waals surface area (Å²) in [5.41, 5.74) is 3.95. The van der Waals surface area contributed by atoms with Gasteiger partial charge in [0.1, 0.15) is 29.4 Å². The summed E-state index contributed by atoms with van der Waals surface area (Å²) in [6.45, 7) is 2.76. The van der Waals surface area contributed by atoms with Crippen molar-refractivity contribution in [1.29, 1.82) is 5.26 Å². The van der Waals surface area contributed by atoms with E-state index in [1.165, 1.54) is 0 Å². The fourth-order valence-corrected chi connectivity index (χ4v) is 4.29. The predicted octanol–water partition coefficient (Wildman–Crippen LogP) is 5.07. The Bertz CT molecular complexity index is 1300. The highest BCUT2D eigenvalue weighted by Crippen LogP contribution is 2.38. The van der Waals surface area contributed by atoms with Crippen molar-refractivity contribution in [3.8, 4) is 23.2 Å². The van der Waals surface area contributed by atoms with Crippen LogP contribution in [0.4, 0.5) is 0 Å². The number of nitriles is 1. The summed E-state index contributed by atoms with van der Waals surface area (Å²) in [5, 5.41) is 10.9.